The van der Waals surface area contributed by atoms with Gasteiger partial charge in [0.2, 0.25) is 0 Å². The van der Waals surface area contributed by atoms with Gasteiger partial charge < -0.3 is 10.2 Å². The number of rotatable bonds is 2. The molecule has 0 radical (unpaired) electrons. The zero-order chi connectivity index (χ0) is 16.2. The number of carboxylic acids is 2. The summed E-state index contributed by atoms with van der Waals surface area (Å²) in [5, 5.41) is 21.0. The van der Waals surface area contributed by atoms with Crippen LogP contribution in [0.15, 0.2) is 0 Å². The predicted octanol–water partition coefficient (Wildman–Crippen LogP) is 2.73. The topological polar surface area (TPSA) is 74.6 Å². The first-order valence-corrected chi connectivity index (χ1v) is 10.1. The third-order valence-electron chi connectivity index (χ3n) is 10.7. The maximum absolute atomic E-state index is 12.8. The second-order valence-corrected chi connectivity index (χ2v) is 10.1. The highest BCUT2D eigenvalue weighted by Gasteiger charge is 3.00. The van der Waals surface area contributed by atoms with Gasteiger partial charge in [0.25, 0.3) is 0 Å². The van der Waals surface area contributed by atoms with E-state index in [9.17, 15) is 19.8 Å². The molecule has 4 nitrogen and oxygen atoms in total. The van der Waals surface area contributed by atoms with E-state index in [1.165, 1.54) is 12.8 Å². The molecule has 4 unspecified atom stereocenters. The Morgan fingerprint density at radius 2 is 0.917 bits per heavy atom. The van der Waals surface area contributed by atoms with Gasteiger partial charge in [0.15, 0.2) is 0 Å². The van der Waals surface area contributed by atoms with Crippen LogP contribution in [0.1, 0.15) is 38.5 Å². The molecule has 8 aliphatic rings. The van der Waals surface area contributed by atoms with Crippen molar-refractivity contribution in [3.63, 3.8) is 0 Å². The average Bonchev–Trinajstić information content (AvgIpc) is 3.30. The second-order valence-electron chi connectivity index (χ2n) is 10.1. The van der Waals surface area contributed by atoms with Gasteiger partial charge >= 0.3 is 11.9 Å². The highest BCUT2D eigenvalue weighted by Crippen LogP contribution is 2.97. The lowest BCUT2D eigenvalue weighted by Gasteiger charge is -2.56. The average molecular weight is 328 g/mol. The van der Waals surface area contributed by atoms with Crippen molar-refractivity contribution in [1.29, 1.82) is 0 Å². The van der Waals surface area contributed by atoms with Crippen LogP contribution in [-0.2, 0) is 9.59 Å². The second kappa shape index (κ2) is 3.43. The van der Waals surface area contributed by atoms with Crippen molar-refractivity contribution in [2.24, 2.45) is 70.0 Å². The van der Waals surface area contributed by atoms with Crippen molar-refractivity contribution in [3.8, 4) is 0 Å². The first-order valence-electron chi connectivity index (χ1n) is 10.1. The van der Waals surface area contributed by atoms with E-state index < -0.39 is 22.8 Å². The number of carboxylic acid groups (broad SMARTS) is 2. The van der Waals surface area contributed by atoms with Crippen molar-refractivity contribution in [2.75, 3.05) is 0 Å². The first-order chi connectivity index (χ1) is 11.6. The Labute approximate surface area is 141 Å². The normalized spacial score (nSPS) is 68.8. The molecule has 8 fully saturated rings. The summed E-state index contributed by atoms with van der Waals surface area (Å²) >= 11 is 0. The Balaban J connectivity index is 1.56. The molecule has 0 heterocycles. The van der Waals surface area contributed by atoms with Gasteiger partial charge in [-0.2, -0.15) is 0 Å². The van der Waals surface area contributed by atoms with Gasteiger partial charge in [-0.25, -0.2) is 0 Å². The Kier molecular flexibility index (Phi) is 1.89. The maximum atomic E-state index is 12.8. The molecule has 24 heavy (non-hydrogen) atoms. The monoisotopic (exact) mass is 328 g/mol. The summed E-state index contributed by atoms with van der Waals surface area (Å²) in [7, 11) is 0. The molecule has 4 heteroatoms. The van der Waals surface area contributed by atoms with Crippen molar-refractivity contribution in [3.05, 3.63) is 0 Å². The van der Waals surface area contributed by atoms with Gasteiger partial charge in [-0.15, -0.1) is 0 Å². The van der Waals surface area contributed by atoms with Crippen molar-refractivity contribution in [1.82, 2.24) is 0 Å². The zero-order valence-electron chi connectivity index (χ0n) is 13.7. The number of fused-ring (bicyclic) bond motifs is 2. The number of aliphatic carboxylic acids is 2. The molecular weight excluding hydrogens is 304 g/mol. The smallest absolute Gasteiger partial charge is 0.311 e. The summed E-state index contributed by atoms with van der Waals surface area (Å²) in [4.78, 5) is 25.6. The Bertz CT molecular complexity index is 616. The molecule has 0 aromatic rings. The lowest BCUT2D eigenvalue weighted by molar-refractivity contribution is -0.204. The van der Waals surface area contributed by atoms with Crippen molar-refractivity contribution < 1.29 is 19.8 Å². The summed E-state index contributed by atoms with van der Waals surface area (Å²) in [6, 6.07) is 0. The van der Waals surface area contributed by atoms with Gasteiger partial charge in [-0.05, 0) is 84.9 Å². The lowest BCUT2D eigenvalue weighted by Crippen LogP contribution is -2.64. The van der Waals surface area contributed by atoms with Crippen LogP contribution in [0.2, 0.25) is 0 Å². The largest absolute Gasteiger partial charge is 0.481 e. The zero-order valence-corrected chi connectivity index (χ0v) is 13.7. The highest BCUT2D eigenvalue weighted by atomic mass is 16.4. The molecule has 8 bridgehead atoms. The first kappa shape index (κ1) is 13.2. The number of hydrogen-bond acceptors (Lipinski definition) is 2. The summed E-state index contributed by atoms with van der Waals surface area (Å²) < 4.78 is 0. The van der Waals surface area contributed by atoms with Crippen LogP contribution in [0.5, 0.6) is 0 Å². The fraction of sp³-hybridized carbons (Fsp3) is 0.900. The maximum Gasteiger partial charge on any atom is 0.311 e. The molecule has 8 rings (SSSR count). The molecule has 0 amide bonds. The lowest BCUT2D eigenvalue weighted by atomic mass is 9.44. The van der Waals surface area contributed by atoms with Crippen LogP contribution in [0.4, 0.5) is 0 Å². The Morgan fingerprint density at radius 1 is 0.625 bits per heavy atom. The summed E-state index contributed by atoms with van der Waals surface area (Å²) in [5.41, 5.74) is -1.80. The minimum atomic E-state index is -0.902. The van der Waals surface area contributed by atoms with Crippen molar-refractivity contribution >= 4 is 11.9 Å². The molecule has 0 aromatic carbocycles. The third kappa shape index (κ3) is 0.834. The van der Waals surface area contributed by atoms with E-state index in [0.717, 1.165) is 25.7 Å². The van der Waals surface area contributed by atoms with Crippen LogP contribution in [-0.4, -0.2) is 22.2 Å². The van der Waals surface area contributed by atoms with E-state index in [-0.39, 0.29) is 23.7 Å². The summed E-state index contributed by atoms with van der Waals surface area (Å²) in [5.74, 6) is 2.28. The van der Waals surface area contributed by atoms with E-state index in [1.807, 2.05) is 0 Å². The highest BCUT2D eigenvalue weighted by molar-refractivity contribution is 5.93. The van der Waals surface area contributed by atoms with Crippen molar-refractivity contribution in [2.45, 2.75) is 38.5 Å². The van der Waals surface area contributed by atoms with Gasteiger partial charge in [-0.3, -0.25) is 9.59 Å². The van der Waals surface area contributed by atoms with E-state index >= 15 is 0 Å². The molecule has 2 N–H and O–H groups in total. The van der Waals surface area contributed by atoms with Gasteiger partial charge in [-0.1, -0.05) is 12.8 Å². The van der Waals surface area contributed by atoms with Crippen LogP contribution in [0, 0.1) is 70.0 Å². The summed E-state index contributed by atoms with van der Waals surface area (Å²) in [6.45, 7) is 0. The fourth-order valence-electron chi connectivity index (χ4n) is 11.4. The molecule has 8 aliphatic carbocycles. The quantitative estimate of drug-likeness (QED) is 0.817. The van der Waals surface area contributed by atoms with Crippen LogP contribution < -0.4 is 0 Å². The fourth-order valence-corrected chi connectivity index (χ4v) is 11.4. The SMILES string of the molecule is O=C(O)C12[C@@H]3C4C5[C@H]1[C@@H]1CCC[C@@H]1[C@H]5C2(C(=O)O)[C@H]4[C@@H]1CCC[C@@H]13. The molecule has 0 saturated heterocycles. The van der Waals surface area contributed by atoms with E-state index in [4.69, 9.17) is 0 Å². The number of carbonyl (C=O) groups is 2. The van der Waals surface area contributed by atoms with Gasteiger partial charge in [0.05, 0.1) is 10.8 Å². The van der Waals surface area contributed by atoms with E-state index in [2.05, 4.69) is 0 Å². The van der Waals surface area contributed by atoms with Gasteiger partial charge in [0.1, 0.15) is 0 Å². The number of hydrogen-bond donors (Lipinski definition) is 2. The summed E-state index contributed by atoms with van der Waals surface area (Å²) in [6.07, 6.45) is 7.01. The molecular formula is C20H24O4. The minimum Gasteiger partial charge on any atom is -0.481 e. The van der Waals surface area contributed by atoms with Crippen LogP contribution in [0.25, 0.3) is 0 Å². The minimum absolute atomic E-state index is 0.191. The molecule has 0 aromatic heterocycles. The van der Waals surface area contributed by atoms with Gasteiger partial charge in [0, 0.05) is 0 Å². The van der Waals surface area contributed by atoms with Crippen LogP contribution >= 0.6 is 0 Å². The Morgan fingerprint density at radius 3 is 1.17 bits per heavy atom. The molecule has 12 atom stereocenters. The van der Waals surface area contributed by atoms with E-state index in [1.54, 1.807) is 0 Å². The van der Waals surface area contributed by atoms with E-state index in [0.29, 0.717) is 35.5 Å². The predicted molar refractivity (Wildman–Crippen MR) is 82.7 cm³/mol. The molecule has 0 spiro atoms. The Hall–Kier alpha value is -1.06. The molecule has 0 aliphatic heterocycles. The molecule has 128 valence electrons. The molecule has 8 saturated carbocycles. The third-order valence-corrected chi connectivity index (χ3v) is 10.7. The van der Waals surface area contributed by atoms with Crippen LogP contribution in [0.3, 0.4) is 0 Å². The standard InChI is InChI=1S/C20H24O4/c21-17(22)19-13-7-3-1-4-8(7)14-11(13)12-15(19)9-5-2-6-10(9)16(12)20(14,19)18(23)24/h7-16H,1-6H2,(H,21,22)(H,23,24)/t7-,8+,9+,10-,11?,12?,13-,14-,15+,16+,19?,20?.